The maximum Gasteiger partial charge on any atom is 0.280 e. The summed E-state index contributed by atoms with van der Waals surface area (Å²) in [7, 11) is 6.25. The normalized spacial score (nSPS) is 18.2. The molecule has 1 spiro atoms. The molecule has 2 aromatic carbocycles. The predicted octanol–water partition coefficient (Wildman–Crippen LogP) is 7.09. The van der Waals surface area contributed by atoms with Gasteiger partial charge in [-0.1, -0.05) is 80.4 Å². The number of hydrogen-bond donors (Lipinski definition) is 0. The summed E-state index contributed by atoms with van der Waals surface area (Å²) in [4.78, 5) is 20.6. The van der Waals surface area contributed by atoms with Crippen molar-refractivity contribution in [2.45, 2.75) is 103 Å². The fraction of sp³-hybridized carbons (Fsp3) is 0.543. The van der Waals surface area contributed by atoms with Crippen molar-refractivity contribution in [3.63, 3.8) is 0 Å². The Balaban J connectivity index is 0.000000595. The number of fused-ring (bicyclic) bond motifs is 7. The molecule has 0 atom stereocenters. The second-order valence-electron chi connectivity index (χ2n) is 12.4. The van der Waals surface area contributed by atoms with E-state index in [-0.39, 0.29) is 11.0 Å². The van der Waals surface area contributed by atoms with Gasteiger partial charge in [-0.15, -0.1) is 0 Å². The molecule has 0 bridgehead atoms. The van der Waals surface area contributed by atoms with Gasteiger partial charge in [-0.05, 0) is 102 Å². The highest BCUT2D eigenvalue weighted by atomic mass is 16.1. The standard InChI is InChI=1S/C30H36BN3O.C5H10/c1-2-3-7-17-33-18-13-21(14-19-33)22-11-12-25-23(20-22)30(15-5-4-6-16-30)29-32-28(35)27-24(31)9-8-10-26(27)34(25)29;1-4-5(2)3/h8-12,20-21H,2-7,13-19H2,1H3;4H,1-3H3. The maximum absolute atomic E-state index is 13.2. The molecule has 0 unspecified atom stereocenters. The fourth-order valence-electron chi connectivity index (χ4n) is 7.09. The van der Waals surface area contributed by atoms with Crippen LogP contribution in [0, 0.1) is 0 Å². The van der Waals surface area contributed by atoms with Crippen LogP contribution in [-0.4, -0.2) is 41.9 Å². The number of nitrogens with zero attached hydrogens (tertiary/aromatic N) is 3. The first-order chi connectivity index (χ1) is 19.4. The van der Waals surface area contributed by atoms with E-state index in [9.17, 15) is 4.79 Å². The molecule has 5 heteroatoms. The maximum atomic E-state index is 13.2. The number of piperidine rings is 1. The van der Waals surface area contributed by atoms with Gasteiger partial charge in [0.15, 0.2) is 0 Å². The zero-order valence-electron chi connectivity index (χ0n) is 25.1. The van der Waals surface area contributed by atoms with Crippen molar-refractivity contribution in [2.75, 3.05) is 19.6 Å². The predicted molar refractivity (Wildman–Crippen MR) is 170 cm³/mol. The van der Waals surface area contributed by atoms with Crippen LogP contribution in [-0.2, 0) is 5.41 Å². The highest BCUT2D eigenvalue weighted by molar-refractivity contribution is 6.38. The molecule has 3 aliphatic rings. The summed E-state index contributed by atoms with van der Waals surface area (Å²) in [6.45, 7) is 12.1. The van der Waals surface area contributed by atoms with Crippen LogP contribution in [0.2, 0.25) is 0 Å². The zero-order chi connectivity index (χ0) is 28.3. The van der Waals surface area contributed by atoms with Crippen LogP contribution in [0.5, 0.6) is 0 Å². The molecule has 1 aliphatic carbocycles. The van der Waals surface area contributed by atoms with E-state index in [2.05, 4.69) is 54.5 Å². The number of unbranched alkanes of at least 4 members (excludes halogenated alkanes) is 2. The average molecular weight is 536 g/mol. The van der Waals surface area contributed by atoms with Gasteiger partial charge in [-0.2, -0.15) is 4.98 Å². The van der Waals surface area contributed by atoms with Crippen LogP contribution in [0.4, 0.5) is 0 Å². The fourth-order valence-corrected chi connectivity index (χ4v) is 7.09. The monoisotopic (exact) mass is 535 g/mol. The number of hydrogen-bond acceptors (Lipinski definition) is 3. The molecule has 2 fully saturated rings. The number of rotatable bonds is 5. The van der Waals surface area contributed by atoms with E-state index in [1.54, 1.807) is 0 Å². The molecule has 1 saturated carbocycles. The molecular weight excluding hydrogens is 489 g/mol. The topological polar surface area (TPSA) is 38.1 Å². The van der Waals surface area contributed by atoms with Crippen molar-refractivity contribution in [3.05, 3.63) is 75.4 Å². The van der Waals surface area contributed by atoms with Gasteiger partial charge >= 0.3 is 0 Å². The first-order valence-electron chi connectivity index (χ1n) is 15.7. The Morgan fingerprint density at radius 2 is 1.80 bits per heavy atom. The smallest absolute Gasteiger partial charge is 0.280 e. The van der Waals surface area contributed by atoms with Crippen molar-refractivity contribution >= 4 is 24.2 Å². The van der Waals surface area contributed by atoms with E-state index in [4.69, 9.17) is 12.8 Å². The van der Waals surface area contributed by atoms with Crippen molar-refractivity contribution in [3.8, 4) is 5.69 Å². The largest absolute Gasteiger partial charge is 0.303 e. The molecule has 4 nitrogen and oxygen atoms in total. The van der Waals surface area contributed by atoms with Gasteiger partial charge in [0.05, 0.1) is 22.0 Å². The highest BCUT2D eigenvalue weighted by Crippen LogP contribution is 2.52. The van der Waals surface area contributed by atoms with Crippen LogP contribution >= 0.6 is 0 Å². The van der Waals surface area contributed by atoms with Crippen molar-refractivity contribution < 1.29 is 0 Å². The lowest BCUT2D eigenvalue weighted by molar-refractivity contribution is 0.208. The van der Waals surface area contributed by atoms with Gasteiger partial charge in [0.2, 0.25) is 0 Å². The number of likely N-dealkylation sites (tertiary alicyclic amines) is 1. The summed E-state index contributed by atoms with van der Waals surface area (Å²) in [5.41, 5.74) is 6.53. The summed E-state index contributed by atoms with van der Waals surface area (Å²) < 4.78 is 2.26. The Morgan fingerprint density at radius 1 is 1.07 bits per heavy atom. The van der Waals surface area contributed by atoms with E-state index < -0.39 is 0 Å². The average Bonchev–Trinajstić information content (AvgIpc) is 3.22. The Labute approximate surface area is 242 Å². The lowest BCUT2D eigenvalue weighted by Gasteiger charge is -2.35. The lowest BCUT2D eigenvalue weighted by Crippen LogP contribution is -2.34. The van der Waals surface area contributed by atoms with E-state index in [0.717, 1.165) is 24.2 Å². The Kier molecular flexibility index (Phi) is 9.00. The molecule has 40 heavy (non-hydrogen) atoms. The molecule has 3 heterocycles. The second kappa shape index (κ2) is 12.5. The lowest BCUT2D eigenvalue weighted by atomic mass is 9.69. The zero-order valence-corrected chi connectivity index (χ0v) is 25.1. The molecule has 6 rings (SSSR count). The molecule has 1 saturated heterocycles. The van der Waals surface area contributed by atoms with Crippen LogP contribution in [0.15, 0.2) is 52.8 Å². The molecule has 2 radical (unpaired) electrons. The summed E-state index contributed by atoms with van der Waals surface area (Å²) in [6, 6.07) is 12.9. The van der Waals surface area contributed by atoms with Crippen LogP contribution in [0.25, 0.3) is 16.6 Å². The van der Waals surface area contributed by atoms with Crippen molar-refractivity contribution in [1.29, 1.82) is 0 Å². The van der Waals surface area contributed by atoms with Gasteiger partial charge in [0.1, 0.15) is 13.7 Å². The van der Waals surface area contributed by atoms with Gasteiger partial charge < -0.3 is 4.90 Å². The van der Waals surface area contributed by atoms with E-state index >= 15 is 0 Å². The highest BCUT2D eigenvalue weighted by Gasteiger charge is 2.46. The molecule has 3 aromatic rings. The number of benzene rings is 2. The third kappa shape index (κ3) is 5.46. The molecule has 0 amide bonds. The Hall–Kier alpha value is -2.66. The van der Waals surface area contributed by atoms with Crippen molar-refractivity contribution in [2.24, 2.45) is 0 Å². The van der Waals surface area contributed by atoms with Gasteiger partial charge in [0, 0.05) is 0 Å². The third-order valence-corrected chi connectivity index (χ3v) is 9.58. The summed E-state index contributed by atoms with van der Waals surface area (Å²) in [5, 5.41) is 0.551. The van der Waals surface area contributed by atoms with Crippen LogP contribution < -0.4 is 11.0 Å². The molecule has 1 aromatic heterocycles. The van der Waals surface area contributed by atoms with Gasteiger partial charge in [0.25, 0.3) is 5.56 Å². The quantitative estimate of drug-likeness (QED) is 0.199. The van der Waals surface area contributed by atoms with Gasteiger partial charge in [-0.3, -0.25) is 9.36 Å². The van der Waals surface area contributed by atoms with Crippen LogP contribution in [0.1, 0.15) is 115 Å². The summed E-state index contributed by atoms with van der Waals surface area (Å²) in [5.74, 6) is 1.56. The van der Waals surface area contributed by atoms with Crippen LogP contribution in [0.3, 0.4) is 0 Å². The Morgan fingerprint density at radius 3 is 2.48 bits per heavy atom. The third-order valence-electron chi connectivity index (χ3n) is 9.58. The first-order valence-corrected chi connectivity index (χ1v) is 15.7. The Bertz CT molecular complexity index is 1420. The van der Waals surface area contributed by atoms with Gasteiger partial charge in [-0.25, -0.2) is 0 Å². The molecule has 2 aliphatic heterocycles. The second-order valence-corrected chi connectivity index (χ2v) is 12.4. The molecule has 0 N–H and O–H groups in total. The van der Waals surface area contributed by atoms with E-state index in [1.807, 2.05) is 25.1 Å². The minimum Gasteiger partial charge on any atom is -0.303 e. The number of allylic oxidation sites excluding steroid dienone is 2. The SMILES string of the molecule is CC=C(C)C.[B]c1cccc2c1c(=O)nc1n2-c2ccc(C3CCN(CCCCC)CC3)cc2C12CCCCC2. The summed E-state index contributed by atoms with van der Waals surface area (Å²) >= 11 is 0. The minimum atomic E-state index is -0.183. The summed E-state index contributed by atoms with van der Waals surface area (Å²) in [6.07, 6.45) is 14.3. The minimum absolute atomic E-state index is 0.150. The van der Waals surface area contributed by atoms with E-state index in [0.29, 0.717) is 16.8 Å². The first kappa shape index (κ1) is 28.9. The molecule has 210 valence electrons. The van der Waals surface area contributed by atoms with E-state index in [1.165, 1.54) is 93.4 Å². The molecular formula is C35H46BN3O. The number of aromatic nitrogens is 2. The van der Waals surface area contributed by atoms with Crippen molar-refractivity contribution in [1.82, 2.24) is 14.5 Å².